The minimum absolute atomic E-state index is 0.139. The highest BCUT2D eigenvalue weighted by Crippen LogP contribution is 2.16. The van der Waals surface area contributed by atoms with Crippen molar-refractivity contribution < 1.29 is 24.0 Å². The molecule has 1 amide bonds. The van der Waals surface area contributed by atoms with Gasteiger partial charge in [-0.2, -0.15) is 0 Å². The molecule has 1 aromatic rings. The molecule has 0 fully saturated rings. The lowest BCUT2D eigenvalue weighted by molar-refractivity contribution is -0.141. The molecule has 9 heteroatoms. The first-order valence-electron chi connectivity index (χ1n) is 5.60. The maximum absolute atomic E-state index is 11.7. The van der Waals surface area contributed by atoms with Crippen LogP contribution >= 0.6 is 11.3 Å². The van der Waals surface area contributed by atoms with E-state index in [1.807, 2.05) is 0 Å². The minimum atomic E-state index is -0.770. The molecule has 0 saturated heterocycles. The Morgan fingerprint density at radius 3 is 2.65 bits per heavy atom. The predicted molar refractivity (Wildman–Crippen MR) is 71.4 cm³/mol. The fraction of sp³-hybridized carbons (Fsp3) is 0.364. The average Bonchev–Trinajstić information content (AvgIpc) is 2.76. The van der Waals surface area contributed by atoms with Gasteiger partial charge < -0.3 is 14.9 Å². The molecule has 8 nitrogen and oxygen atoms in total. The third-order valence-electron chi connectivity index (χ3n) is 1.76. The third-order valence-corrected chi connectivity index (χ3v) is 2.52. The molecule has 0 aliphatic heterocycles. The Bertz CT molecular complexity index is 552. The van der Waals surface area contributed by atoms with Crippen LogP contribution < -0.4 is 5.32 Å². The first-order chi connectivity index (χ1) is 9.43. The van der Waals surface area contributed by atoms with Gasteiger partial charge in [0, 0.05) is 19.2 Å². The Morgan fingerprint density at radius 2 is 2.10 bits per heavy atom. The van der Waals surface area contributed by atoms with E-state index in [9.17, 15) is 14.4 Å². The smallest absolute Gasteiger partial charge is 0.362 e. The largest absolute Gasteiger partial charge is 0.461 e. The van der Waals surface area contributed by atoms with Crippen molar-refractivity contribution in [1.82, 2.24) is 4.98 Å². The van der Waals surface area contributed by atoms with Gasteiger partial charge in [-0.3, -0.25) is 4.79 Å². The summed E-state index contributed by atoms with van der Waals surface area (Å²) in [6.45, 7) is 4.25. The molecule has 20 heavy (non-hydrogen) atoms. The van der Waals surface area contributed by atoms with Gasteiger partial charge in [-0.1, -0.05) is 5.16 Å². The molecule has 1 N–H and O–H groups in total. The Morgan fingerprint density at radius 1 is 1.40 bits per heavy atom. The molecular weight excluding hydrogens is 286 g/mol. The molecule has 0 aromatic carbocycles. The van der Waals surface area contributed by atoms with Gasteiger partial charge in [-0.25, -0.2) is 14.6 Å². The summed E-state index contributed by atoms with van der Waals surface area (Å²) >= 11 is 1.10. The SMILES string of the molecule is CCOC(=O)C(=NOC(C)=O)c1csc(NC(C)=O)n1. The number of oxime groups is 1. The van der Waals surface area contributed by atoms with E-state index in [4.69, 9.17) is 4.74 Å². The number of carbonyl (C=O) groups is 3. The fourth-order valence-electron chi connectivity index (χ4n) is 1.09. The van der Waals surface area contributed by atoms with Crippen molar-refractivity contribution in [3.05, 3.63) is 11.1 Å². The molecular formula is C11H13N3O5S. The number of nitrogens with zero attached hydrogens (tertiary/aromatic N) is 2. The lowest BCUT2D eigenvalue weighted by Crippen LogP contribution is -2.20. The molecule has 1 heterocycles. The number of nitrogens with one attached hydrogen (secondary N) is 1. The molecule has 0 aliphatic carbocycles. The average molecular weight is 299 g/mol. The summed E-state index contributed by atoms with van der Waals surface area (Å²) in [7, 11) is 0. The van der Waals surface area contributed by atoms with Crippen molar-refractivity contribution in [3.63, 3.8) is 0 Å². The van der Waals surface area contributed by atoms with Gasteiger partial charge >= 0.3 is 11.9 Å². The van der Waals surface area contributed by atoms with E-state index in [2.05, 4.69) is 20.3 Å². The second kappa shape index (κ2) is 7.34. The molecule has 1 aromatic heterocycles. The zero-order valence-corrected chi connectivity index (χ0v) is 11.9. The lowest BCUT2D eigenvalue weighted by Gasteiger charge is -2.02. The van der Waals surface area contributed by atoms with Crippen LogP contribution in [0.15, 0.2) is 10.5 Å². The number of thiazole rings is 1. The number of hydrogen-bond acceptors (Lipinski definition) is 8. The summed E-state index contributed by atoms with van der Waals surface area (Å²) in [5, 5.41) is 7.69. The molecule has 0 saturated carbocycles. The zero-order chi connectivity index (χ0) is 15.1. The second-order valence-electron chi connectivity index (χ2n) is 3.46. The normalized spacial score (nSPS) is 10.8. The van der Waals surface area contributed by atoms with Gasteiger partial charge in [0.1, 0.15) is 5.69 Å². The van der Waals surface area contributed by atoms with Crippen molar-refractivity contribution in [2.24, 2.45) is 5.16 Å². The van der Waals surface area contributed by atoms with E-state index in [0.717, 1.165) is 18.3 Å². The van der Waals surface area contributed by atoms with Crippen molar-refractivity contribution in [2.45, 2.75) is 20.8 Å². The van der Waals surface area contributed by atoms with E-state index in [1.165, 1.54) is 12.3 Å². The number of rotatable bonds is 5. The number of aromatic nitrogens is 1. The molecule has 0 radical (unpaired) electrons. The monoisotopic (exact) mass is 299 g/mol. The highest BCUT2D eigenvalue weighted by Gasteiger charge is 2.20. The number of ether oxygens (including phenoxy) is 1. The van der Waals surface area contributed by atoms with Crippen LogP contribution in [-0.4, -0.2) is 35.1 Å². The first-order valence-corrected chi connectivity index (χ1v) is 6.48. The first kappa shape index (κ1) is 15.8. The van der Waals surface area contributed by atoms with E-state index in [-0.39, 0.29) is 23.9 Å². The van der Waals surface area contributed by atoms with Crippen LogP contribution in [0.25, 0.3) is 0 Å². The van der Waals surface area contributed by atoms with Crippen molar-refractivity contribution in [3.8, 4) is 0 Å². The van der Waals surface area contributed by atoms with E-state index in [0.29, 0.717) is 5.13 Å². The summed E-state index contributed by atoms with van der Waals surface area (Å²) < 4.78 is 4.80. The van der Waals surface area contributed by atoms with Crippen LogP contribution in [-0.2, 0) is 24.0 Å². The molecule has 0 bridgehead atoms. The molecule has 1 rings (SSSR count). The van der Waals surface area contributed by atoms with Crippen LogP contribution in [0.2, 0.25) is 0 Å². The highest BCUT2D eigenvalue weighted by atomic mass is 32.1. The number of hydrogen-bond donors (Lipinski definition) is 1. The van der Waals surface area contributed by atoms with Crippen LogP contribution in [0.3, 0.4) is 0 Å². The number of amides is 1. The molecule has 0 spiro atoms. The van der Waals surface area contributed by atoms with E-state index >= 15 is 0 Å². The maximum atomic E-state index is 11.7. The Labute approximate surface area is 118 Å². The third kappa shape index (κ3) is 4.76. The van der Waals surface area contributed by atoms with Gasteiger partial charge in [0.15, 0.2) is 5.13 Å². The number of esters is 1. The number of anilines is 1. The molecule has 108 valence electrons. The lowest BCUT2D eigenvalue weighted by atomic mass is 10.3. The van der Waals surface area contributed by atoms with Crippen molar-refractivity contribution >= 4 is 40.0 Å². The predicted octanol–water partition coefficient (Wildman–Crippen LogP) is 0.932. The van der Waals surface area contributed by atoms with Gasteiger partial charge in [0.05, 0.1) is 6.61 Å². The fourth-order valence-corrected chi connectivity index (χ4v) is 1.83. The summed E-state index contributed by atoms with van der Waals surface area (Å²) in [6, 6.07) is 0. The maximum Gasteiger partial charge on any atom is 0.362 e. The molecule has 0 unspecified atom stereocenters. The quantitative estimate of drug-likeness (QED) is 0.375. The van der Waals surface area contributed by atoms with Gasteiger partial charge in [0.2, 0.25) is 11.6 Å². The van der Waals surface area contributed by atoms with E-state index in [1.54, 1.807) is 6.92 Å². The molecule has 0 aliphatic rings. The van der Waals surface area contributed by atoms with E-state index < -0.39 is 11.9 Å². The summed E-state index contributed by atoms with van der Waals surface area (Å²) in [5.41, 5.74) is -0.0895. The summed E-state index contributed by atoms with van der Waals surface area (Å²) in [6.07, 6.45) is 0. The Balaban J connectivity index is 3.00. The summed E-state index contributed by atoms with van der Waals surface area (Å²) in [5.74, 6) is -1.74. The topological polar surface area (TPSA) is 107 Å². The zero-order valence-electron chi connectivity index (χ0n) is 11.1. The minimum Gasteiger partial charge on any atom is -0.461 e. The van der Waals surface area contributed by atoms with Gasteiger partial charge in [0.25, 0.3) is 0 Å². The Kier molecular flexibility index (Phi) is 5.78. The van der Waals surface area contributed by atoms with Crippen LogP contribution in [0, 0.1) is 0 Å². The standard InChI is InChI=1S/C11H13N3O5S/c1-4-18-10(17)9(14-19-7(3)16)8-5-20-11(13-8)12-6(2)15/h5H,4H2,1-3H3,(H,12,13,15). The Hall–Kier alpha value is -2.29. The van der Waals surface area contributed by atoms with Crippen molar-refractivity contribution in [2.75, 3.05) is 11.9 Å². The molecule has 0 atom stereocenters. The van der Waals surface area contributed by atoms with Gasteiger partial charge in [-0.05, 0) is 6.92 Å². The second-order valence-corrected chi connectivity index (χ2v) is 4.32. The van der Waals surface area contributed by atoms with Crippen LogP contribution in [0.1, 0.15) is 26.5 Å². The van der Waals surface area contributed by atoms with Crippen LogP contribution in [0.4, 0.5) is 5.13 Å². The summed E-state index contributed by atoms with van der Waals surface area (Å²) in [4.78, 5) is 41.8. The van der Waals surface area contributed by atoms with Gasteiger partial charge in [-0.15, -0.1) is 11.3 Å². The van der Waals surface area contributed by atoms with Crippen molar-refractivity contribution in [1.29, 1.82) is 0 Å². The van der Waals surface area contributed by atoms with Crippen LogP contribution in [0.5, 0.6) is 0 Å². The number of carbonyl (C=O) groups excluding carboxylic acids is 3. The highest BCUT2D eigenvalue weighted by molar-refractivity contribution is 7.14.